The Morgan fingerprint density at radius 1 is 1.28 bits per heavy atom. The van der Waals surface area contributed by atoms with E-state index in [0.29, 0.717) is 11.3 Å². The van der Waals surface area contributed by atoms with Gasteiger partial charge in [0.25, 0.3) is 0 Å². The monoisotopic (exact) mass is 250 g/mol. The first-order valence-electron chi connectivity index (χ1n) is 5.87. The summed E-state index contributed by atoms with van der Waals surface area (Å²) in [5.41, 5.74) is 7.11. The van der Waals surface area contributed by atoms with E-state index in [1.165, 1.54) is 12.1 Å². The van der Waals surface area contributed by atoms with Crippen molar-refractivity contribution in [3.05, 3.63) is 35.5 Å². The second kappa shape index (κ2) is 4.08. The number of aromatic nitrogens is 1. The zero-order valence-electron chi connectivity index (χ0n) is 9.62. The number of hydrogen-bond donors (Lipinski definition) is 1. The molecule has 1 saturated carbocycles. The van der Waals surface area contributed by atoms with E-state index in [9.17, 15) is 8.78 Å². The third-order valence-corrected chi connectivity index (χ3v) is 3.44. The Balaban J connectivity index is 2.12. The van der Waals surface area contributed by atoms with Crippen molar-refractivity contribution in [3.63, 3.8) is 0 Å². The van der Waals surface area contributed by atoms with Crippen LogP contribution >= 0.6 is 0 Å². The van der Waals surface area contributed by atoms with Crippen LogP contribution in [0.5, 0.6) is 0 Å². The lowest BCUT2D eigenvalue weighted by Gasteiger charge is -2.23. The quantitative estimate of drug-likeness (QED) is 0.887. The van der Waals surface area contributed by atoms with Gasteiger partial charge >= 0.3 is 0 Å². The summed E-state index contributed by atoms with van der Waals surface area (Å²) in [5, 5.41) is 3.92. The number of benzene rings is 1. The Hall–Kier alpha value is -1.91. The second-order valence-electron chi connectivity index (χ2n) is 4.56. The zero-order chi connectivity index (χ0) is 12.7. The third kappa shape index (κ3) is 1.66. The molecule has 3 rings (SSSR count). The van der Waals surface area contributed by atoms with E-state index >= 15 is 0 Å². The standard InChI is InChI=1S/C13H12F2N2O/c14-8-4-5-9(10(15)6-8)11-12(7-2-1-3-7)17-18-13(11)16/h4-7H,1-3,16H2. The largest absolute Gasteiger partial charge is 0.367 e. The van der Waals surface area contributed by atoms with E-state index in [1.807, 2.05) is 0 Å². The first kappa shape index (κ1) is 11.2. The highest BCUT2D eigenvalue weighted by molar-refractivity contribution is 5.76. The van der Waals surface area contributed by atoms with Gasteiger partial charge in [0.05, 0.1) is 11.3 Å². The fourth-order valence-corrected chi connectivity index (χ4v) is 2.24. The molecule has 0 spiro atoms. The Bertz CT molecular complexity index is 591. The number of rotatable bonds is 2. The van der Waals surface area contributed by atoms with Gasteiger partial charge in [-0.3, -0.25) is 0 Å². The fraction of sp³-hybridized carbons (Fsp3) is 0.308. The van der Waals surface area contributed by atoms with Crippen LogP contribution in [0.1, 0.15) is 30.9 Å². The lowest BCUT2D eigenvalue weighted by Crippen LogP contribution is -2.10. The van der Waals surface area contributed by atoms with Gasteiger partial charge in [-0.2, -0.15) is 0 Å². The van der Waals surface area contributed by atoms with Crippen molar-refractivity contribution in [3.8, 4) is 11.1 Å². The van der Waals surface area contributed by atoms with Crippen LogP contribution in [0.2, 0.25) is 0 Å². The molecule has 5 heteroatoms. The van der Waals surface area contributed by atoms with Crippen LogP contribution in [0.15, 0.2) is 22.7 Å². The maximum absolute atomic E-state index is 13.8. The van der Waals surface area contributed by atoms with Crippen LogP contribution in [0.3, 0.4) is 0 Å². The minimum absolute atomic E-state index is 0.0856. The summed E-state index contributed by atoms with van der Waals surface area (Å²) in [4.78, 5) is 0. The molecule has 0 bridgehead atoms. The van der Waals surface area contributed by atoms with Crippen LogP contribution in [0, 0.1) is 11.6 Å². The molecule has 0 saturated heterocycles. The van der Waals surface area contributed by atoms with Crippen molar-refractivity contribution < 1.29 is 13.3 Å². The SMILES string of the molecule is Nc1onc(C2CCC2)c1-c1ccc(F)cc1F. The molecule has 2 aromatic rings. The molecule has 94 valence electrons. The highest BCUT2D eigenvalue weighted by atomic mass is 19.1. The van der Waals surface area contributed by atoms with Gasteiger partial charge in [0.15, 0.2) is 0 Å². The molecule has 1 aliphatic carbocycles. The molecule has 0 radical (unpaired) electrons. The van der Waals surface area contributed by atoms with Gasteiger partial charge in [-0.25, -0.2) is 8.78 Å². The van der Waals surface area contributed by atoms with E-state index in [1.54, 1.807) is 0 Å². The highest BCUT2D eigenvalue weighted by Gasteiger charge is 2.29. The molecule has 0 amide bonds. The normalized spacial score (nSPS) is 15.7. The molecule has 1 heterocycles. The lowest BCUT2D eigenvalue weighted by atomic mass is 9.80. The summed E-state index contributed by atoms with van der Waals surface area (Å²) in [6, 6.07) is 3.41. The van der Waals surface area contributed by atoms with Crippen molar-refractivity contribution in [1.82, 2.24) is 5.16 Å². The average molecular weight is 250 g/mol. The Labute approximate surface area is 103 Å². The van der Waals surface area contributed by atoms with Gasteiger partial charge < -0.3 is 10.3 Å². The summed E-state index contributed by atoms with van der Waals surface area (Å²) in [6.07, 6.45) is 3.13. The van der Waals surface area contributed by atoms with Gasteiger partial charge in [-0.05, 0) is 25.0 Å². The summed E-state index contributed by atoms with van der Waals surface area (Å²) in [6.45, 7) is 0. The maximum atomic E-state index is 13.8. The molecule has 0 unspecified atom stereocenters. The molecular weight excluding hydrogens is 238 g/mol. The number of hydrogen-bond acceptors (Lipinski definition) is 3. The van der Waals surface area contributed by atoms with Gasteiger partial charge in [0.2, 0.25) is 5.88 Å². The minimum atomic E-state index is -0.648. The van der Waals surface area contributed by atoms with Gasteiger partial charge in [-0.1, -0.05) is 11.6 Å². The highest BCUT2D eigenvalue weighted by Crippen LogP contribution is 2.43. The van der Waals surface area contributed by atoms with Crippen LogP contribution in [-0.4, -0.2) is 5.16 Å². The molecular formula is C13H12F2N2O. The van der Waals surface area contributed by atoms with Crippen LogP contribution in [0.4, 0.5) is 14.7 Å². The molecule has 0 atom stereocenters. The summed E-state index contributed by atoms with van der Waals surface area (Å²) < 4.78 is 31.7. The van der Waals surface area contributed by atoms with Crippen LogP contribution in [-0.2, 0) is 0 Å². The zero-order valence-corrected chi connectivity index (χ0v) is 9.62. The number of anilines is 1. The third-order valence-electron chi connectivity index (χ3n) is 3.44. The summed E-state index contributed by atoms with van der Waals surface area (Å²) in [7, 11) is 0. The first-order valence-corrected chi connectivity index (χ1v) is 5.87. The fourth-order valence-electron chi connectivity index (χ4n) is 2.24. The van der Waals surface area contributed by atoms with Gasteiger partial charge in [-0.15, -0.1) is 0 Å². The molecule has 0 aliphatic heterocycles. The molecule has 1 fully saturated rings. The lowest BCUT2D eigenvalue weighted by molar-refractivity contribution is 0.369. The van der Waals surface area contributed by atoms with Crippen molar-refractivity contribution >= 4 is 5.88 Å². The van der Waals surface area contributed by atoms with E-state index in [4.69, 9.17) is 10.3 Å². The molecule has 1 aromatic carbocycles. The van der Waals surface area contributed by atoms with E-state index in [2.05, 4.69) is 5.16 Å². The average Bonchev–Trinajstić information content (AvgIpc) is 2.59. The minimum Gasteiger partial charge on any atom is -0.367 e. The summed E-state index contributed by atoms with van der Waals surface area (Å²) in [5.74, 6) is -0.908. The Kier molecular flexibility index (Phi) is 2.54. The van der Waals surface area contributed by atoms with Crippen molar-refractivity contribution in [2.45, 2.75) is 25.2 Å². The second-order valence-corrected chi connectivity index (χ2v) is 4.56. The van der Waals surface area contributed by atoms with E-state index < -0.39 is 11.6 Å². The van der Waals surface area contributed by atoms with E-state index in [-0.39, 0.29) is 17.4 Å². The molecule has 1 aromatic heterocycles. The van der Waals surface area contributed by atoms with E-state index in [0.717, 1.165) is 25.3 Å². The summed E-state index contributed by atoms with van der Waals surface area (Å²) >= 11 is 0. The molecule has 2 N–H and O–H groups in total. The molecule has 1 aliphatic rings. The Morgan fingerprint density at radius 2 is 2.06 bits per heavy atom. The van der Waals surface area contributed by atoms with Gasteiger partial charge in [0, 0.05) is 17.5 Å². The number of nitrogen functional groups attached to an aromatic ring is 1. The van der Waals surface area contributed by atoms with Crippen molar-refractivity contribution in [2.24, 2.45) is 0 Å². The predicted molar refractivity (Wildman–Crippen MR) is 62.9 cm³/mol. The van der Waals surface area contributed by atoms with Crippen LogP contribution in [0.25, 0.3) is 11.1 Å². The van der Waals surface area contributed by atoms with Crippen molar-refractivity contribution in [2.75, 3.05) is 5.73 Å². The first-order chi connectivity index (χ1) is 8.66. The number of halogens is 2. The molecule has 18 heavy (non-hydrogen) atoms. The van der Waals surface area contributed by atoms with Crippen molar-refractivity contribution in [1.29, 1.82) is 0 Å². The smallest absolute Gasteiger partial charge is 0.230 e. The number of nitrogens with zero attached hydrogens (tertiary/aromatic N) is 1. The van der Waals surface area contributed by atoms with Gasteiger partial charge in [0.1, 0.15) is 11.6 Å². The maximum Gasteiger partial charge on any atom is 0.230 e. The number of nitrogens with two attached hydrogens (primary N) is 1. The van der Waals surface area contributed by atoms with Crippen LogP contribution < -0.4 is 5.73 Å². The Morgan fingerprint density at radius 3 is 2.67 bits per heavy atom. The topological polar surface area (TPSA) is 52.0 Å². The predicted octanol–water partition coefficient (Wildman–Crippen LogP) is 3.47. The molecule has 3 nitrogen and oxygen atoms in total.